The number of amides is 1. The molecule has 1 amide bonds. The molecule has 0 spiro atoms. The van der Waals surface area contributed by atoms with Crippen molar-refractivity contribution < 1.29 is 9.90 Å². The van der Waals surface area contributed by atoms with Crippen LogP contribution >= 0.6 is 0 Å². The average Bonchev–Trinajstić information content (AvgIpc) is 2.23. The second-order valence-electron chi connectivity index (χ2n) is 6.18. The van der Waals surface area contributed by atoms with Crippen molar-refractivity contribution in [3.05, 3.63) is 0 Å². The fourth-order valence-electron chi connectivity index (χ4n) is 2.41. The van der Waals surface area contributed by atoms with Crippen molar-refractivity contribution in [1.29, 1.82) is 0 Å². The van der Waals surface area contributed by atoms with Crippen LogP contribution in [0.1, 0.15) is 34.1 Å². The van der Waals surface area contributed by atoms with Crippen LogP contribution in [0.5, 0.6) is 0 Å². The van der Waals surface area contributed by atoms with Crippen molar-refractivity contribution in [3.63, 3.8) is 0 Å². The summed E-state index contributed by atoms with van der Waals surface area (Å²) < 4.78 is 0. The molecule has 0 aromatic carbocycles. The van der Waals surface area contributed by atoms with E-state index in [1.165, 1.54) is 0 Å². The number of aliphatic hydroxyl groups is 1. The molecule has 1 rings (SSSR count). The number of carbonyl (C=O) groups is 1. The lowest BCUT2D eigenvalue weighted by Gasteiger charge is -2.39. The highest BCUT2D eigenvalue weighted by Crippen LogP contribution is 2.23. The number of piperidine rings is 1. The highest BCUT2D eigenvalue weighted by molar-refractivity contribution is 5.81. The number of likely N-dealkylation sites (tertiary alicyclic amines) is 1. The predicted molar refractivity (Wildman–Crippen MR) is 68.7 cm³/mol. The summed E-state index contributed by atoms with van der Waals surface area (Å²) in [5, 5.41) is 12.1. The molecule has 100 valence electrons. The standard InChI is InChI=1S/C13H26N2O2/c1-10-7-11(14-5-6-16)9-15(8-10)12(17)13(2,3)4/h10-11,14,16H,5-9H2,1-4H3. The zero-order valence-corrected chi connectivity index (χ0v) is 11.5. The Bertz CT molecular complexity index is 261. The van der Waals surface area contributed by atoms with Crippen LogP contribution in [0, 0.1) is 11.3 Å². The van der Waals surface area contributed by atoms with Gasteiger partial charge in [-0.05, 0) is 12.3 Å². The minimum absolute atomic E-state index is 0.151. The number of hydrogen-bond donors (Lipinski definition) is 2. The molecule has 1 aliphatic heterocycles. The molecule has 0 aliphatic carbocycles. The van der Waals surface area contributed by atoms with Gasteiger partial charge < -0.3 is 15.3 Å². The number of rotatable bonds is 3. The molecule has 1 saturated heterocycles. The Balaban J connectivity index is 2.59. The van der Waals surface area contributed by atoms with Gasteiger partial charge in [0.05, 0.1) is 6.61 Å². The summed E-state index contributed by atoms with van der Waals surface area (Å²) >= 11 is 0. The first-order valence-corrected chi connectivity index (χ1v) is 6.48. The quantitative estimate of drug-likeness (QED) is 0.771. The van der Waals surface area contributed by atoms with Crippen LogP contribution in [-0.4, -0.2) is 48.2 Å². The number of hydrogen-bond acceptors (Lipinski definition) is 3. The Morgan fingerprint density at radius 2 is 2.06 bits per heavy atom. The number of nitrogens with zero attached hydrogens (tertiary/aromatic N) is 1. The lowest BCUT2D eigenvalue weighted by Crippen LogP contribution is -2.53. The normalized spacial score (nSPS) is 26.1. The van der Waals surface area contributed by atoms with Crippen LogP contribution in [0.25, 0.3) is 0 Å². The van der Waals surface area contributed by atoms with Gasteiger partial charge >= 0.3 is 0 Å². The summed E-state index contributed by atoms with van der Waals surface area (Å²) in [5.74, 6) is 0.742. The molecule has 2 N–H and O–H groups in total. The summed E-state index contributed by atoms with van der Waals surface area (Å²) in [4.78, 5) is 14.2. The van der Waals surface area contributed by atoms with Crippen LogP contribution < -0.4 is 5.32 Å². The lowest BCUT2D eigenvalue weighted by molar-refractivity contribution is -0.141. The van der Waals surface area contributed by atoms with Crippen LogP contribution in [0.3, 0.4) is 0 Å². The smallest absolute Gasteiger partial charge is 0.228 e. The molecule has 0 bridgehead atoms. The fourth-order valence-corrected chi connectivity index (χ4v) is 2.41. The van der Waals surface area contributed by atoms with Crippen LogP contribution in [0.4, 0.5) is 0 Å². The first-order chi connectivity index (χ1) is 7.84. The highest BCUT2D eigenvalue weighted by Gasteiger charge is 2.32. The summed E-state index contributed by atoms with van der Waals surface area (Å²) in [6.45, 7) is 10.4. The van der Waals surface area contributed by atoms with Crippen LogP contribution in [0.2, 0.25) is 0 Å². The van der Waals surface area contributed by atoms with Crippen molar-refractivity contribution in [3.8, 4) is 0 Å². The van der Waals surface area contributed by atoms with Gasteiger partial charge in [0, 0.05) is 31.1 Å². The Labute approximate surface area is 104 Å². The van der Waals surface area contributed by atoms with Gasteiger partial charge in [0.2, 0.25) is 5.91 Å². The second kappa shape index (κ2) is 5.83. The van der Waals surface area contributed by atoms with E-state index in [1.807, 2.05) is 25.7 Å². The van der Waals surface area contributed by atoms with E-state index in [4.69, 9.17) is 5.11 Å². The lowest BCUT2D eigenvalue weighted by atomic mass is 9.90. The minimum atomic E-state index is -0.307. The minimum Gasteiger partial charge on any atom is -0.395 e. The largest absolute Gasteiger partial charge is 0.395 e. The molecular formula is C13H26N2O2. The summed E-state index contributed by atoms with van der Waals surface area (Å²) in [6.07, 6.45) is 1.08. The Morgan fingerprint density at radius 3 is 2.59 bits per heavy atom. The highest BCUT2D eigenvalue weighted by atomic mass is 16.3. The van der Waals surface area contributed by atoms with E-state index >= 15 is 0 Å². The molecule has 4 nitrogen and oxygen atoms in total. The van der Waals surface area contributed by atoms with Crippen LogP contribution in [-0.2, 0) is 4.79 Å². The van der Waals surface area contributed by atoms with Crippen molar-refractivity contribution in [2.24, 2.45) is 11.3 Å². The van der Waals surface area contributed by atoms with Gasteiger partial charge in [-0.2, -0.15) is 0 Å². The van der Waals surface area contributed by atoms with E-state index < -0.39 is 0 Å². The van der Waals surface area contributed by atoms with E-state index in [0.29, 0.717) is 18.5 Å². The molecule has 1 heterocycles. The van der Waals surface area contributed by atoms with Crippen molar-refractivity contribution in [2.75, 3.05) is 26.2 Å². The number of aliphatic hydroxyl groups excluding tert-OH is 1. The van der Waals surface area contributed by atoms with Crippen molar-refractivity contribution in [2.45, 2.75) is 40.2 Å². The van der Waals surface area contributed by atoms with Gasteiger partial charge in [0.15, 0.2) is 0 Å². The summed E-state index contributed by atoms with van der Waals surface area (Å²) in [6, 6.07) is 0.317. The zero-order valence-electron chi connectivity index (χ0n) is 11.5. The third-order valence-electron chi connectivity index (χ3n) is 3.13. The average molecular weight is 242 g/mol. The van der Waals surface area contributed by atoms with Gasteiger partial charge in [0.1, 0.15) is 0 Å². The van der Waals surface area contributed by atoms with E-state index in [1.54, 1.807) is 0 Å². The molecule has 4 heteroatoms. The van der Waals surface area contributed by atoms with Gasteiger partial charge in [-0.15, -0.1) is 0 Å². The van der Waals surface area contributed by atoms with E-state index in [9.17, 15) is 4.79 Å². The maximum absolute atomic E-state index is 12.2. The first-order valence-electron chi connectivity index (χ1n) is 6.48. The third-order valence-corrected chi connectivity index (χ3v) is 3.13. The Kier molecular flexibility index (Phi) is 4.95. The van der Waals surface area contributed by atoms with Crippen molar-refractivity contribution in [1.82, 2.24) is 10.2 Å². The summed E-state index contributed by atoms with van der Waals surface area (Å²) in [7, 11) is 0. The van der Waals surface area contributed by atoms with E-state index in [2.05, 4.69) is 12.2 Å². The topological polar surface area (TPSA) is 52.6 Å². The first kappa shape index (κ1) is 14.5. The summed E-state index contributed by atoms with van der Waals surface area (Å²) in [5.41, 5.74) is -0.307. The molecule has 0 aromatic rings. The monoisotopic (exact) mass is 242 g/mol. The molecule has 0 saturated carbocycles. The molecule has 0 radical (unpaired) electrons. The molecule has 2 unspecified atom stereocenters. The molecule has 1 aliphatic rings. The molecule has 0 aromatic heterocycles. The Morgan fingerprint density at radius 1 is 1.41 bits per heavy atom. The maximum Gasteiger partial charge on any atom is 0.228 e. The maximum atomic E-state index is 12.2. The predicted octanol–water partition coefficient (Wildman–Crippen LogP) is 0.851. The number of nitrogens with one attached hydrogen (secondary N) is 1. The third kappa shape index (κ3) is 4.28. The fraction of sp³-hybridized carbons (Fsp3) is 0.923. The molecule has 1 fully saturated rings. The SMILES string of the molecule is CC1CC(NCCO)CN(C(=O)C(C)(C)C)C1. The van der Waals surface area contributed by atoms with Gasteiger partial charge in [-0.3, -0.25) is 4.79 Å². The Hall–Kier alpha value is -0.610. The molecular weight excluding hydrogens is 216 g/mol. The van der Waals surface area contributed by atoms with E-state index in [-0.39, 0.29) is 17.9 Å². The van der Waals surface area contributed by atoms with Gasteiger partial charge in [0.25, 0.3) is 0 Å². The molecule has 17 heavy (non-hydrogen) atoms. The van der Waals surface area contributed by atoms with Crippen molar-refractivity contribution >= 4 is 5.91 Å². The van der Waals surface area contributed by atoms with Gasteiger partial charge in [-0.1, -0.05) is 27.7 Å². The van der Waals surface area contributed by atoms with E-state index in [0.717, 1.165) is 19.5 Å². The zero-order chi connectivity index (χ0) is 13.1. The van der Waals surface area contributed by atoms with Crippen LogP contribution in [0.15, 0.2) is 0 Å². The number of carbonyl (C=O) groups excluding carboxylic acids is 1. The second-order valence-corrected chi connectivity index (χ2v) is 6.18. The van der Waals surface area contributed by atoms with Gasteiger partial charge in [-0.25, -0.2) is 0 Å². The molecule has 2 atom stereocenters.